The minimum absolute atomic E-state index is 0. The standard InChI is InChI=1S/C24H13N2O.C11H8N.Ir/c25-15-17-12-13-19-18-9-6-10-20(21-11-4-5-14-26-21)23(18)27-24(19)22(17)16-7-2-1-3-8-16;1-2-6-10(7-3-1)11-8-4-5-9-12-11;/h1-9,11-14H;1-6,8-9H;/q2*-1;/i1D,2D,3D,7D,8D;;. The zero-order valence-corrected chi connectivity index (χ0v) is 23.2. The van der Waals surface area contributed by atoms with E-state index in [2.05, 4.69) is 28.2 Å². The molecule has 4 nitrogen and oxygen atoms in total. The van der Waals surface area contributed by atoms with E-state index >= 15 is 0 Å². The number of rotatable bonds is 3. The molecule has 4 aromatic carbocycles. The van der Waals surface area contributed by atoms with Gasteiger partial charge in [0.1, 0.15) is 5.58 Å². The first-order chi connectivity index (χ1) is 21.4. The van der Waals surface area contributed by atoms with E-state index in [0.29, 0.717) is 22.2 Å². The molecule has 0 atom stereocenters. The third-order valence-electron chi connectivity index (χ3n) is 6.04. The van der Waals surface area contributed by atoms with Crippen LogP contribution in [0.3, 0.4) is 0 Å². The minimum Gasteiger partial charge on any atom is -0.500 e. The van der Waals surface area contributed by atoms with Crippen molar-refractivity contribution in [1.29, 1.82) is 5.26 Å². The fraction of sp³-hybridized carbons (Fsp3) is 0. The Kier molecular flexibility index (Phi) is 6.47. The summed E-state index contributed by atoms with van der Waals surface area (Å²) in [5, 5.41) is 11.2. The number of furan rings is 1. The number of nitrogens with zero attached hydrogens (tertiary/aromatic N) is 3. The zero-order chi connectivity index (χ0) is 30.8. The van der Waals surface area contributed by atoms with Gasteiger partial charge in [0.05, 0.1) is 24.1 Å². The maximum atomic E-state index is 9.76. The van der Waals surface area contributed by atoms with E-state index in [1.54, 1.807) is 36.7 Å². The molecule has 40 heavy (non-hydrogen) atoms. The average molecular weight is 697 g/mol. The summed E-state index contributed by atoms with van der Waals surface area (Å²) in [7, 11) is 0. The van der Waals surface area contributed by atoms with Gasteiger partial charge in [-0.2, -0.15) is 5.26 Å². The molecule has 5 heteroatoms. The summed E-state index contributed by atoms with van der Waals surface area (Å²) in [5.74, 6) is 0. The average Bonchev–Trinajstić information content (AvgIpc) is 3.47. The molecule has 0 saturated heterocycles. The second-order valence-corrected chi connectivity index (χ2v) is 8.38. The Labute approximate surface area is 253 Å². The van der Waals surface area contributed by atoms with Gasteiger partial charge in [-0.15, -0.1) is 54.1 Å². The molecule has 0 aliphatic heterocycles. The Morgan fingerprint density at radius 3 is 2.12 bits per heavy atom. The largest absolute Gasteiger partial charge is 0.500 e. The van der Waals surface area contributed by atoms with Crippen LogP contribution < -0.4 is 0 Å². The van der Waals surface area contributed by atoms with Crippen LogP contribution in [-0.4, -0.2) is 9.97 Å². The van der Waals surface area contributed by atoms with E-state index in [1.165, 1.54) is 0 Å². The summed E-state index contributed by atoms with van der Waals surface area (Å²) in [6.07, 6.45) is 3.45. The second-order valence-electron chi connectivity index (χ2n) is 8.38. The molecular formula is C35H21IrN3O-2. The summed E-state index contributed by atoms with van der Waals surface area (Å²) >= 11 is 0. The molecule has 3 heterocycles. The summed E-state index contributed by atoms with van der Waals surface area (Å²) in [5.41, 5.74) is 4.31. The third-order valence-corrected chi connectivity index (χ3v) is 6.04. The predicted molar refractivity (Wildman–Crippen MR) is 154 cm³/mol. The van der Waals surface area contributed by atoms with Gasteiger partial charge in [-0.3, -0.25) is 0 Å². The van der Waals surface area contributed by atoms with E-state index < -0.39 is 30.2 Å². The number of hydrogen-bond acceptors (Lipinski definition) is 4. The van der Waals surface area contributed by atoms with Crippen molar-refractivity contribution in [2.75, 3.05) is 0 Å². The van der Waals surface area contributed by atoms with Crippen LogP contribution in [0.15, 0.2) is 132 Å². The molecule has 3 aromatic heterocycles. The third kappa shape index (κ3) is 5.32. The summed E-state index contributed by atoms with van der Waals surface area (Å²) in [4.78, 5) is 8.59. The fourth-order valence-corrected chi connectivity index (χ4v) is 4.30. The quantitative estimate of drug-likeness (QED) is 0.174. The Hall–Kier alpha value is -4.88. The summed E-state index contributed by atoms with van der Waals surface area (Å²) in [6.45, 7) is 0. The molecule has 0 N–H and O–H groups in total. The predicted octanol–water partition coefficient (Wildman–Crippen LogP) is 8.53. The molecular weight excluding hydrogens is 671 g/mol. The van der Waals surface area contributed by atoms with E-state index in [9.17, 15) is 5.26 Å². The number of aromatic nitrogens is 2. The maximum Gasteiger partial charge on any atom is 0.130 e. The molecule has 193 valence electrons. The van der Waals surface area contributed by atoms with Crippen LogP contribution in [-0.2, 0) is 20.1 Å². The van der Waals surface area contributed by atoms with Crippen LogP contribution in [0.5, 0.6) is 0 Å². The number of benzene rings is 4. The van der Waals surface area contributed by atoms with Gasteiger partial charge in [0.25, 0.3) is 0 Å². The molecule has 7 aromatic rings. The molecule has 0 aliphatic rings. The number of fused-ring (bicyclic) bond motifs is 3. The van der Waals surface area contributed by atoms with Crippen LogP contribution in [0.2, 0.25) is 0 Å². The first-order valence-electron chi connectivity index (χ1n) is 14.6. The second kappa shape index (κ2) is 12.3. The first kappa shape index (κ1) is 21.0. The SMILES string of the molecule is [2H]c1c([2H])c([2H])c(-c2c(C#N)ccc3c2oc2c(-c4ccccn4)[c-]ccc23)c([2H])c1[2H].[Ir].[c-]1ccccc1-c1ccccn1. The van der Waals surface area contributed by atoms with Crippen molar-refractivity contribution in [2.45, 2.75) is 0 Å². The van der Waals surface area contributed by atoms with Crippen LogP contribution in [0, 0.1) is 23.5 Å². The number of pyridine rings is 2. The van der Waals surface area contributed by atoms with Gasteiger partial charge in [-0.1, -0.05) is 71.5 Å². The van der Waals surface area contributed by atoms with Crippen molar-refractivity contribution < 1.29 is 31.4 Å². The molecule has 0 fully saturated rings. The smallest absolute Gasteiger partial charge is 0.130 e. The Morgan fingerprint density at radius 1 is 0.725 bits per heavy atom. The number of hydrogen-bond donors (Lipinski definition) is 0. The van der Waals surface area contributed by atoms with Gasteiger partial charge in [-0.25, -0.2) is 0 Å². The van der Waals surface area contributed by atoms with Crippen LogP contribution in [0.4, 0.5) is 0 Å². The van der Waals surface area contributed by atoms with Gasteiger partial charge >= 0.3 is 0 Å². The minimum atomic E-state index is -0.494. The van der Waals surface area contributed by atoms with Crippen molar-refractivity contribution in [3.8, 4) is 39.7 Å². The molecule has 0 bridgehead atoms. The maximum absolute atomic E-state index is 9.76. The zero-order valence-electron chi connectivity index (χ0n) is 25.8. The monoisotopic (exact) mass is 697 g/mol. The van der Waals surface area contributed by atoms with Gasteiger partial charge in [0.2, 0.25) is 0 Å². The molecule has 0 unspecified atom stereocenters. The molecule has 0 saturated carbocycles. The van der Waals surface area contributed by atoms with Crippen LogP contribution in [0.25, 0.3) is 55.6 Å². The Morgan fingerprint density at radius 2 is 1.45 bits per heavy atom. The van der Waals surface area contributed by atoms with Crippen molar-refractivity contribution in [3.05, 3.63) is 145 Å². The molecule has 1 radical (unpaired) electrons. The van der Waals surface area contributed by atoms with Gasteiger partial charge in [-0.05, 0) is 35.2 Å². The van der Waals surface area contributed by atoms with E-state index in [-0.39, 0.29) is 42.4 Å². The Bertz CT molecular complexity index is 2120. The van der Waals surface area contributed by atoms with E-state index in [4.69, 9.17) is 11.3 Å². The Balaban J connectivity index is 0.000000258. The molecule has 7 rings (SSSR count). The van der Waals surface area contributed by atoms with Crippen LogP contribution >= 0.6 is 0 Å². The molecule has 0 amide bonds. The van der Waals surface area contributed by atoms with Gasteiger partial charge in [0.15, 0.2) is 0 Å². The molecule has 0 spiro atoms. The van der Waals surface area contributed by atoms with E-state index in [0.717, 1.165) is 16.6 Å². The normalized spacial score (nSPS) is 12.0. The van der Waals surface area contributed by atoms with E-state index in [1.807, 2.05) is 60.7 Å². The van der Waals surface area contributed by atoms with Crippen molar-refractivity contribution in [1.82, 2.24) is 9.97 Å². The topological polar surface area (TPSA) is 62.7 Å². The van der Waals surface area contributed by atoms with Crippen molar-refractivity contribution >= 4 is 21.9 Å². The molecule has 0 aliphatic carbocycles. The van der Waals surface area contributed by atoms with Crippen LogP contribution in [0.1, 0.15) is 12.4 Å². The summed E-state index contributed by atoms with van der Waals surface area (Å²) in [6, 6.07) is 32.2. The van der Waals surface area contributed by atoms with Gasteiger partial charge < -0.3 is 14.4 Å². The van der Waals surface area contributed by atoms with Crippen molar-refractivity contribution in [2.24, 2.45) is 0 Å². The van der Waals surface area contributed by atoms with Gasteiger partial charge in [0, 0.05) is 43.4 Å². The summed E-state index contributed by atoms with van der Waals surface area (Å²) < 4.78 is 47.0. The number of nitriles is 1. The van der Waals surface area contributed by atoms with Crippen molar-refractivity contribution in [3.63, 3.8) is 0 Å². The first-order valence-corrected chi connectivity index (χ1v) is 12.1. The fourth-order valence-electron chi connectivity index (χ4n) is 4.30.